The normalized spacial score (nSPS) is 11.5. The van der Waals surface area contributed by atoms with Crippen LogP contribution in [0, 0.1) is 13.8 Å². The number of aryl methyl sites for hydroxylation is 2. The van der Waals surface area contributed by atoms with Gasteiger partial charge in [-0.3, -0.25) is 4.98 Å². The molecule has 112 valence electrons. The number of carboxylic acids is 1. The van der Waals surface area contributed by atoms with Crippen LogP contribution in [0.1, 0.15) is 26.6 Å². The molecule has 0 unspecified atom stereocenters. The van der Waals surface area contributed by atoms with Crippen LogP contribution in [0.25, 0.3) is 0 Å². The van der Waals surface area contributed by atoms with Crippen molar-refractivity contribution in [3.63, 3.8) is 0 Å². The van der Waals surface area contributed by atoms with Crippen LogP contribution < -0.4 is 4.72 Å². The van der Waals surface area contributed by atoms with E-state index in [4.69, 9.17) is 5.11 Å². The van der Waals surface area contributed by atoms with Crippen molar-refractivity contribution in [2.75, 3.05) is 0 Å². The number of hydrogen-bond acceptors (Lipinski definition) is 5. The lowest BCUT2D eigenvalue weighted by Crippen LogP contribution is -2.25. The van der Waals surface area contributed by atoms with Crippen LogP contribution in [0.15, 0.2) is 28.5 Å². The summed E-state index contributed by atoms with van der Waals surface area (Å²) in [4.78, 5) is 14.9. The Kier molecular flexibility index (Phi) is 4.40. The Bertz CT molecular complexity index is 781. The molecule has 0 radical (unpaired) electrons. The number of hydrogen-bond donors (Lipinski definition) is 2. The van der Waals surface area contributed by atoms with Gasteiger partial charge in [0.25, 0.3) is 0 Å². The molecule has 21 heavy (non-hydrogen) atoms. The molecule has 0 amide bonds. The van der Waals surface area contributed by atoms with Crippen molar-refractivity contribution in [3.8, 4) is 0 Å². The van der Waals surface area contributed by atoms with E-state index in [-0.39, 0.29) is 16.3 Å². The van der Waals surface area contributed by atoms with Gasteiger partial charge in [0.2, 0.25) is 10.0 Å². The van der Waals surface area contributed by atoms with E-state index in [0.717, 1.165) is 17.0 Å². The lowest BCUT2D eigenvalue weighted by atomic mass is 10.3. The molecule has 6 nitrogen and oxygen atoms in total. The van der Waals surface area contributed by atoms with Gasteiger partial charge in [-0.2, -0.15) is 0 Å². The van der Waals surface area contributed by atoms with Gasteiger partial charge in [0.05, 0.1) is 12.2 Å². The Morgan fingerprint density at radius 2 is 2.10 bits per heavy atom. The first-order valence-electron chi connectivity index (χ1n) is 6.05. The molecule has 2 heterocycles. The Balaban J connectivity index is 2.27. The van der Waals surface area contributed by atoms with Gasteiger partial charge >= 0.3 is 5.97 Å². The minimum absolute atomic E-state index is 0.0123. The first kappa shape index (κ1) is 15.6. The third-order valence-electron chi connectivity index (χ3n) is 2.77. The number of carboxylic acid groups (broad SMARTS) is 1. The molecular formula is C13H14N2O4S2. The van der Waals surface area contributed by atoms with E-state index >= 15 is 0 Å². The minimum atomic E-state index is -3.89. The van der Waals surface area contributed by atoms with E-state index in [2.05, 4.69) is 9.71 Å². The summed E-state index contributed by atoms with van der Waals surface area (Å²) in [7, 11) is -3.89. The fraction of sp³-hybridized carbons (Fsp3) is 0.231. The van der Waals surface area contributed by atoms with Gasteiger partial charge in [0, 0.05) is 5.69 Å². The predicted molar refractivity (Wildman–Crippen MR) is 79.0 cm³/mol. The zero-order chi connectivity index (χ0) is 15.6. The number of pyridine rings is 1. The van der Waals surface area contributed by atoms with Crippen LogP contribution in [0.2, 0.25) is 0 Å². The molecule has 8 heteroatoms. The van der Waals surface area contributed by atoms with Gasteiger partial charge in [0.1, 0.15) is 9.77 Å². The summed E-state index contributed by atoms with van der Waals surface area (Å²) in [5.74, 6) is -1.25. The molecule has 2 rings (SSSR count). The fourth-order valence-electron chi connectivity index (χ4n) is 1.85. The first-order chi connectivity index (χ1) is 9.81. The molecule has 0 saturated carbocycles. The number of thiophene rings is 1. The fourth-order valence-corrected chi connectivity index (χ4v) is 4.48. The van der Waals surface area contributed by atoms with Gasteiger partial charge in [-0.1, -0.05) is 6.07 Å². The van der Waals surface area contributed by atoms with E-state index in [0.29, 0.717) is 11.3 Å². The third-order valence-corrected chi connectivity index (χ3v) is 5.57. The summed E-state index contributed by atoms with van der Waals surface area (Å²) in [5, 5.41) is 10.6. The maximum atomic E-state index is 12.3. The van der Waals surface area contributed by atoms with Crippen LogP contribution in [-0.2, 0) is 16.6 Å². The molecule has 0 bridgehead atoms. The van der Waals surface area contributed by atoms with Crippen molar-refractivity contribution < 1.29 is 18.3 Å². The summed E-state index contributed by atoms with van der Waals surface area (Å²) >= 11 is 0.901. The van der Waals surface area contributed by atoms with Crippen LogP contribution in [0.3, 0.4) is 0 Å². The number of sulfonamides is 1. The van der Waals surface area contributed by atoms with Gasteiger partial charge in [-0.25, -0.2) is 17.9 Å². The molecule has 0 aliphatic carbocycles. The van der Waals surface area contributed by atoms with E-state index in [9.17, 15) is 13.2 Å². The van der Waals surface area contributed by atoms with Gasteiger partial charge < -0.3 is 5.11 Å². The van der Waals surface area contributed by atoms with Crippen molar-refractivity contribution in [2.24, 2.45) is 0 Å². The summed E-state index contributed by atoms with van der Waals surface area (Å²) in [6.45, 7) is 3.39. The number of nitrogens with zero attached hydrogens (tertiary/aromatic N) is 1. The molecule has 0 fully saturated rings. The quantitative estimate of drug-likeness (QED) is 0.875. The average Bonchev–Trinajstić information content (AvgIpc) is 2.80. The Morgan fingerprint density at radius 3 is 2.71 bits per heavy atom. The Morgan fingerprint density at radius 1 is 1.38 bits per heavy atom. The summed E-state index contributed by atoms with van der Waals surface area (Å²) in [6, 6.07) is 5.29. The van der Waals surface area contributed by atoms with E-state index in [1.807, 2.05) is 13.0 Å². The van der Waals surface area contributed by atoms with Crippen LogP contribution in [-0.4, -0.2) is 24.5 Å². The van der Waals surface area contributed by atoms with Crippen molar-refractivity contribution in [1.29, 1.82) is 0 Å². The monoisotopic (exact) mass is 326 g/mol. The van der Waals surface area contributed by atoms with Crippen molar-refractivity contribution in [1.82, 2.24) is 9.71 Å². The van der Waals surface area contributed by atoms with Crippen molar-refractivity contribution in [2.45, 2.75) is 25.3 Å². The van der Waals surface area contributed by atoms with Crippen molar-refractivity contribution >= 4 is 27.3 Å². The van der Waals surface area contributed by atoms with Gasteiger partial charge in [0.15, 0.2) is 0 Å². The molecular weight excluding hydrogens is 312 g/mol. The molecule has 2 aromatic rings. The van der Waals surface area contributed by atoms with Gasteiger partial charge in [-0.15, -0.1) is 11.3 Å². The molecule has 0 atom stereocenters. The number of carbonyl (C=O) groups is 1. The second-order valence-corrected chi connectivity index (χ2v) is 7.06. The molecule has 0 aliphatic rings. The lowest BCUT2D eigenvalue weighted by Gasteiger charge is -2.08. The maximum absolute atomic E-state index is 12.3. The number of rotatable bonds is 5. The predicted octanol–water partition coefficient (Wildman–Crippen LogP) is 1.94. The second kappa shape index (κ2) is 5.92. The minimum Gasteiger partial charge on any atom is -0.477 e. The SMILES string of the molecule is Cc1cccc(CNS(=O)(=O)c2c(C)csc2C(=O)O)n1. The molecule has 0 aliphatic heterocycles. The van der Waals surface area contributed by atoms with Crippen LogP contribution >= 0.6 is 11.3 Å². The highest BCUT2D eigenvalue weighted by atomic mass is 32.2. The highest BCUT2D eigenvalue weighted by Gasteiger charge is 2.26. The molecule has 0 aromatic carbocycles. The van der Waals surface area contributed by atoms with Crippen LogP contribution in [0.4, 0.5) is 0 Å². The first-order valence-corrected chi connectivity index (χ1v) is 8.41. The number of aromatic nitrogens is 1. The lowest BCUT2D eigenvalue weighted by molar-refractivity contribution is 0.0698. The zero-order valence-corrected chi connectivity index (χ0v) is 13.1. The smallest absolute Gasteiger partial charge is 0.347 e. The summed E-state index contributed by atoms with van der Waals surface area (Å²) in [5.41, 5.74) is 1.77. The number of aromatic carboxylic acids is 1. The van der Waals surface area contributed by atoms with E-state index in [1.54, 1.807) is 19.1 Å². The largest absolute Gasteiger partial charge is 0.477 e. The van der Waals surface area contributed by atoms with Gasteiger partial charge in [-0.05, 0) is 36.9 Å². The van der Waals surface area contributed by atoms with Crippen LogP contribution in [0.5, 0.6) is 0 Å². The zero-order valence-electron chi connectivity index (χ0n) is 11.5. The highest BCUT2D eigenvalue weighted by Crippen LogP contribution is 2.26. The summed E-state index contributed by atoms with van der Waals surface area (Å²) in [6.07, 6.45) is 0. The van der Waals surface area contributed by atoms with E-state index < -0.39 is 16.0 Å². The van der Waals surface area contributed by atoms with E-state index in [1.165, 1.54) is 5.38 Å². The third kappa shape index (κ3) is 3.46. The maximum Gasteiger partial charge on any atom is 0.347 e. The molecule has 0 spiro atoms. The average molecular weight is 326 g/mol. The Hall–Kier alpha value is -1.77. The molecule has 2 aromatic heterocycles. The topological polar surface area (TPSA) is 96.4 Å². The summed E-state index contributed by atoms with van der Waals surface area (Å²) < 4.78 is 27.0. The van der Waals surface area contributed by atoms with Crippen molar-refractivity contribution in [3.05, 3.63) is 45.4 Å². The molecule has 2 N–H and O–H groups in total. The second-order valence-electron chi connectivity index (χ2n) is 4.48. The standard InChI is InChI=1S/C13H14N2O4S2/c1-8-7-20-11(13(16)17)12(8)21(18,19)14-6-10-5-3-4-9(2)15-10/h3-5,7,14H,6H2,1-2H3,(H,16,17). The highest BCUT2D eigenvalue weighted by molar-refractivity contribution is 7.89. The Labute approximate surface area is 126 Å². The number of nitrogens with one attached hydrogen (secondary N) is 1. The molecule has 0 saturated heterocycles.